The van der Waals surface area contributed by atoms with Crippen LogP contribution in [0.15, 0.2) is 60.4 Å². The van der Waals surface area contributed by atoms with Gasteiger partial charge in [-0.05, 0) is 54.7 Å². The first kappa shape index (κ1) is 14.9. The van der Waals surface area contributed by atoms with Gasteiger partial charge in [0.1, 0.15) is 5.76 Å². The number of hydrogen-bond acceptors (Lipinski definition) is 1. The minimum Gasteiger partial charge on any atom is -0.496 e. The van der Waals surface area contributed by atoms with Crippen LogP contribution in [0, 0.1) is 13.3 Å². The van der Waals surface area contributed by atoms with Gasteiger partial charge in [-0.1, -0.05) is 53.6 Å². The van der Waals surface area contributed by atoms with Crippen LogP contribution in [-0.4, -0.2) is 7.11 Å². The molecule has 0 unspecified atom stereocenters. The largest absolute Gasteiger partial charge is 0.496 e. The van der Waals surface area contributed by atoms with E-state index in [-0.39, 0.29) is 0 Å². The Labute approximate surface area is 136 Å². The molecule has 0 N–H and O–H groups in total. The first-order valence-electron chi connectivity index (χ1n) is 7.34. The molecule has 0 bridgehead atoms. The Kier molecular flexibility index (Phi) is 4.35. The van der Waals surface area contributed by atoms with Gasteiger partial charge in [-0.3, -0.25) is 0 Å². The summed E-state index contributed by atoms with van der Waals surface area (Å²) in [5.74, 6) is 0.918. The molecule has 0 saturated heterocycles. The molecular formula is C20H18ClO. The maximum absolute atomic E-state index is 6.03. The van der Waals surface area contributed by atoms with Gasteiger partial charge < -0.3 is 4.74 Å². The smallest absolute Gasteiger partial charge is 0.123 e. The summed E-state index contributed by atoms with van der Waals surface area (Å²) < 4.78 is 5.62. The Morgan fingerprint density at radius 3 is 2.45 bits per heavy atom. The molecule has 1 aliphatic carbocycles. The number of halogens is 1. The average molecular weight is 310 g/mol. The van der Waals surface area contributed by atoms with Gasteiger partial charge in [0.05, 0.1) is 7.11 Å². The summed E-state index contributed by atoms with van der Waals surface area (Å²) in [6, 6.07) is 16.5. The molecule has 0 aliphatic heterocycles. The van der Waals surface area contributed by atoms with Crippen LogP contribution in [0.4, 0.5) is 0 Å². The molecule has 0 saturated carbocycles. The zero-order chi connectivity index (χ0) is 15.5. The van der Waals surface area contributed by atoms with Crippen LogP contribution in [-0.2, 0) is 4.74 Å². The highest BCUT2D eigenvalue weighted by molar-refractivity contribution is 6.30. The van der Waals surface area contributed by atoms with E-state index in [2.05, 4.69) is 43.7 Å². The zero-order valence-electron chi connectivity index (χ0n) is 12.8. The van der Waals surface area contributed by atoms with Crippen molar-refractivity contribution in [2.75, 3.05) is 7.11 Å². The van der Waals surface area contributed by atoms with Gasteiger partial charge in [0.15, 0.2) is 0 Å². The third kappa shape index (κ3) is 2.95. The fourth-order valence-electron chi connectivity index (χ4n) is 2.80. The maximum Gasteiger partial charge on any atom is 0.123 e. The minimum atomic E-state index is 0.740. The van der Waals surface area contributed by atoms with Gasteiger partial charge >= 0.3 is 0 Å². The summed E-state index contributed by atoms with van der Waals surface area (Å²) in [7, 11) is 1.72. The highest BCUT2D eigenvalue weighted by Crippen LogP contribution is 2.38. The van der Waals surface area contributed by atoms with Gasteiger partial charge in [-0.15, -0.1) is 0 Å². The molecule has 1 nitrogen and oxygen atoms in total. The molecule has 3 rings (SSSR count). The van der Waals surface area contributed by atoms with E-state index in [4.69, 9.17) is 16.3 Å². The summed E-state index contributed by atoms with van der Waals surface area (Å²) in [5, 5.41) is 0.740. The van der Waals surface area contributed by atoms with Crippen molar-refractivity contribution in [1.82, 2.24) is 0 Å². The van der Waals surface area contributed by atoms with E-state index in [0.29, 0.717) is 0 Å². The number of aryl methyl sites for hydroxylation is 1. The van der Waals surface area contributed by atoms with E-state index >= 15 is 0 Å². The number of ether oxygens (including phenoxy) is 1. The summed E-state index contributed by atoms with van der Waals surface area (Å²) in [4.78, 5) is 0. The summed E-state index contributed by atoms with van der Waals surface area (Å²) in [6.45, 7) is 2.11. The number of hydrogen-bond donors (Lipinski definition) is 0. The van der Waals surface area contributed by atoms with Crippen LogP contribution < -0.4 is 0 Å². The predicted octanol–water partition coefficient (Wildman–Crippen LogP) is 5.70. The summed E-state index contributed by atoms with van der Waals surface area (Å²) >= 11 is 6.03. The van der Waals surface area contributed by atoms with Gasteiger partial charge in [0.25, 0.3) is 0 Å². The molecule has 22 heavy (non-hydrogen) atoms. The molecule has 0 amide bonds. The van der Waals surface area contributed by atoms with Crippen molar-refractivity contribution in [3.05, 3.63) is 88.5 Å². The maximum atomic E-state index is 6.03. The van der Waals surface area contributed by atoms with Crippen molar-refractivity contribution in [2.24, 2.45) is 0 Å². The zero-order valence-corrected chi connectivity index (χ0v) is 13.5. The Hall–Kier alpha value is -1.99. The highest BCUT2D eigenvalue weighted by atomic mass is 35.5. The number of allylic oxidation sites excluding steroid dienone is 3. The first-order valence-corrected chi connectivity index (χ1v) is 7.72. The molecular weight excluding hydrogens is 292 g/mol. The predicted molar refractivity (Wildman–Crippen MR) is 93.5 cm³/mol. The molecule has 0 spiro atoms. The van der Waals surface area contributed by atoms with Gasteiger partial charge in [0, 0.05) is 10.6 Å². The van der Waals surface area contributed by atoms with E-state index < -0.39 is 0 Å². The Bertz CT molecular complexity index is 739. The first-order chi connectivity index (χ1) is 10.7. The fraction of sp³-hybridized carbons (Fsp3) is 0.150. The van der Waals surface area contributed by atoms with E-state index in [9.17, 15) is 0 Å². The van der Waals surface area contributed by atoms with Crippen molar-refractivity contribution < 1.29 is 4.74 Å². The highest BCUT2D eigenvalue weighted by Gasteiger charge is 2.20. The molecule has 0 atom stereocenters. The second kappa shape index (κ2) is 6.41. The normalized spacial score (nSPS) is 14.8. The van der Waals surface area contributed by atoms with Crippen molar-refractivity contribution in [1.29, 1.82) is 0 Å². The molecule has 2 heteroatoms. The third-order valence-electron chi connectivity index (χ3n) is 3.82. The molecule has 0 heterocycles. The van der Waals surface area contributed by atoms with Crippen LogP contribution in [0.3, 0.4) is 0 Å². The quantitative estimate of drug-likeness (QED) is 0.707. The van der Waals surface area contributed by atoms with Crippen LogP contribution in [0.1, 0.15) is 23.1 Å². The van der Waals surface area contributed by atoms with Crippen molar-refractivity contribution in [3.63, 3.8) is 0 Å². The van der Waals surface area contributed by atoms with Crippen molar-refractivity contribution >= 4 is 22.7 Å². The van der Waals surface area contributed by atoms with Crippen molar-refractivity contribution in [2.45, 2.75) is 13.3 Å². The van der Waals surface area contributed by atoms with Crippen LogP contribution in [0.2, 0.25) is 5.02 Å². The monoisotopic (exact) mass is 309 g/mol. The Morgan fingerprint density at radius 1 is 1.00 bits per heavy atom. The average Bonchev–Trinajstić information content (AvgIpc) is 2.55. The lowest BCUT2D eigenvalue weighted by Crippen LogP contribution is -2.03. The summed E-state index contributed by atoms with van der Waals surface area (Å²) in [5.41, 5.74) is 5.92. The van der Waals surface area contributed by atoms with E-state index in [1.807, 2.05) is 24.3 Å². The lowest BCUT2D eigenvalue weighted by molar-refractivity contribution is 0.309. The molecule has 111 valence electrons. The van der Waals surface area contributed by atoms with Gasteiger partial charge in [0.2, 0.25) is 0 Å². The number of methoxy groups -OCH3 is 1. The Balaban J connectivity index is 2.19. The summed E-state index contributed by atoms with van der Waals surface area (Å²) in [6.07, 6.45) is 5.24. The van der Waals surface area contributed by atoms with E-state index in [1.54, 1.807) is 7.11 Å². The van der Waals surface area contributed by atoms with Crippen LogP contribution in [0.25, 0.3) is 11.1 Å². The van der Waals surface area contributed by atoms with Crippen LogP contribution >= 0.6 is 11.6 Å². The number of benzene rings is 2. The second-order valence-electron chi connectivity index (χ2n) is 5.38. The van der Waals surface area contributed by atoms with Crippen molar-refractivity contribution in [3.8, 4) is 0 Å². The van der Waals surface area contributed by atoms with Gasteiger partial charge in [-0.2, -0.15) is 0 Å². The van der Waals surface area contributed by atoms with E-state index in [0.717, 1.165) is 28.3 Å². The molecule has 0 aromatic heterocycles. The lowest BCUT2D eigenvalue weighted by Gasteiger charge is -2.22. The number of rotatable bonds is 3. The molecule has 1 aliphatic rings. The molecule has 2 aromatic rings. The topological polar surface area (TPSA) is 9.23 Å². The minimum absolute atomic E-state index is 0.740. The fourth-order valence-corrected chi connectivity index (χ4v) is 2.92. The third-order valence-corrected chi connectivity index (χ3v) is 4.07. The SMILES string of the molecule is COC1=CC[CH]C(c2cccc(C)c2)=C1c1ccc(Cl)cc1. The molecule has 0 fully saturated rings. The standard InChI is InChI=1S/C20H18ClO/c1-14-5-3-6-16(13-14)18-7-4-8-19(22-2)20(18)15-9-11-17(21)12-10-15/h3,5-13H,4H2,1-2H3. The molecule has 1 radical (unpaired) electrons. The lowest BCUT2D eigenvalue weighted by atomic mass is 9.86. The van der Waals surface area contributed by atoms with Gasteiger partial charge in [-0.25, -0.2) is 0 Å². The second-order valence-corrected chi connectivity index (χ2v) is 5.81. The Morgan fingerprint density at radius 2 is 1.77 bits per heavy atom. The van der Waals surface area contributed by atoms with Crippen LogP contribution in [0.5, 0.6) is 0 Å². The van der Waals surface area contributed by atoms with E-state index in [1.165, 1.54) is 16.7 Å². The molecule has 2 aromatic carbocycles.